The van der Waals surface area contributed by atoms with E-state index in [1.807, 2.05) is 30.3 Å². The molecule has 1 aliphatic rings. The van der Waals surface area contributed by atoms with Crippen molar-refractivity contribution >= 4 is 12.0 Å². The van der Waals surface area contributed by atoms with Crippen LogP contribution in [0.25, 0.3) is 0 Å². The smallest absolute Gasteiger partial charge is 0.414 e. The van der Waals surface area contributed by atoms with Crippen LogP contribution in [0.15, 0.2) is 60.7 Å². The fourth-order valence-corrected chi connectivity index (χ4v) is 4.70. The van der Waals surface area contributed by atoms with Crippen LogP contribution in [-0.2, 0) is 20.8 Å². The zero-order valence-electron chi connectivity index (χ0n) is 25.4. The maximum absolute atomic E-state index is 12.3. The van der Waals surface area contributed by atoms with Gasteiger partial charge in [0.1, 0.15) is 18.8 Å². The molecule has 3 atom stereocenters. The van der Waals surface area contributed by atoms with Crippen LogP contribution < -0.4 is 5.32 Å². The molecule has 0 bridgehead atoms. The first kappa shape index (κ1) is 27.9. The predicted octanol–water partition coefficient (Wildman–Crippen LogP) is 8.00. The second kappa shape index (κ2) is 18.6. The minimum atomic E-state index is -2.41. The van der Waals surface area contributed by atoms with Gasteiger partial charge < -0.3 is 14.2 Å². The quantitative estimate of drug-likeness (QED) is 0.104. The Morgan fingerprint density at radius 1 is 0.846 bits per heavy atom. The molecular formula is C33H47NO5. The van der Waals surface area contributed by atoms with Gasteiger partial charge in [-0.1, -0.05) is 133 Å². The number of carbonyl (C=O) groups excluding carboxylic acids is 2. The van der Waals surface area contributed by atoms with E-state index in [0.717, 1.165) is 24.8 Å². The van der Waals surface area contributed by atoms with Crippen molar-refractivity contribution in [1.29, 1.82) is 0 Å². The highest BCUT2D eigenvalue weighted by molar-refractivity contribution is 6.02. The van der Waals surface area contributed by atoms with Gasteiger partial charge in [0.25, 0.3) is 5.91 Å². The van der Waals surface area contributed by atoms with Crippen molar-refractivity contribution in [2.24, 2.45) is 0 Å². The minimum absolute atomic E-state index is 0.280. The number of unbranched alkanes of at least 4 members (excludes halogenated alkanes) is 11. The van der Waals surface area contributed by atoms with Crippen molar-refractivity contribution in [3.63, 3.8) is 0 Å². The SMILES string of the molecule is [2H][13C]([2H])(OC(=O)NC(=O)c1ccccc1)[13C@H]1O[C@@H]1[C@@H](CCCCCCCCCCCCCC)OCc1ccccc1. The molecule has 0 unspecified atom stereocenters. The summed E-state index contributed by atoms with van der Waals surface area (Å²) in [5.74, 6) is -0.657. The van der Waals surface area contributed by atoms with Gasteiger partial charge in [0, 0.05) is 5.56 Å². The Labute approximate surface area is 237 Å². The molecule has 214 valence electrons. The van der Waals surface area contributed by atoms with Crippen molar-refractivity contribution in [2.75, 3.05) is 6.56 Å². The monoisotopic (exact) mass is 541 g/mol. The standard InChI is InChI=1S/C33H47NO5/c1-2-3-4-5-6-7-8-9-10-11-12-19-24-29(37-25-27-20-15-13-16-21-27)31-30(39-31)26-38-33(36)34-32(35)28-22-17-14-18-23-28/h13-18,20-23,29-31H,2-12,19,24-26H2,1H3,(H,34,35,36)/t29-,30-,31-/m1/s1/i26+1D2,30+1. The average molecular weight is 542 g/mol. The number of carbonyl (C=O) groups is 2. The van der Waals surface area contributed by atoms with Crippen LogP contribution in [0.3, 0.4) is 0 Å². The van der Waals surface area contributed by atoms with Gasteiger partial charge in [-0.15, -0.1) is 0 Å². The zero-order valence-corrected chi connectivity index (χ0v) is 23.4. The molecule has 1 saturated heterocycles. The van der Waals surface area contributed by atoms with E-state index in [0.29, 0.717) is 6.61 Å². The van der Waals surface area contributed by atoms with Gasteiger partial charge in [-0.25, -0.2) is 4.79 Å². The Bertz CT molecular complexity index is 1020. The molecule has 6 nitrogen and oxygen atoms in total. The summed E-state index contributed by atoms with van der Waals surface area (Å²) in [4.78, 5) is 24.5. The van der Waals surface area contributed by atoms with Crippen LogP contribution in [0.1, 0.15) is 109 Å². The second-order valence-electron chi connectivity index (χ2n) is 10.4. The highest BCUT2D eigenvalue weighted by Crippen LogP contribution is 2.31. The first-order valence-electron chi connectivity index (χ1n) is 15.8. The second-order valence-corrected chi connectivity index (χ2v) is 10.4. The topological polar surface area (TPSA) is 77.2 Å². The molecule has 39 heavy (non-hydrogen) atoms. The van der Waals surface area contributed by atoms with E-state index in [1.165, 1.54) is 64.2 Å². The van der Waals surface area contributed by atoms with E-state index < -0.39 is 30.8 Å². The summed E-state index contributed by atoms with van der Waals surface area (Å²) >= 11 is 0. The molecule has 1 aliphatic heterocycles. The third-order valence-electron chi connectivity index (χ3n) is 7.06. The number of epoxide rings is 1. The number of rotatable bonds is 20. The Balaban J connectivity index is 1.41. The normalized spacial score (nSPS) is 18.1. The van der Waals surface area contributed by atoms with Gasteiger partial charge in [0.15, 0.2) is 0 Å². The summed E-state index contributed by atoms with van der Waals surface area (Å²) in [5.41, 5.74) is 1.31. The molecular weight excluding hydrogens is 492 g/mol. The predicted molar refractivity (Wildman–Crippen MR) is 155 cm³/mol. The lowest BCUT2D eigenvalue weighted by Crippen LogP contribution is -2.32. The lowest BCUT2D eigenvalue weighted by Gasteiger charge is -2.16. The molecule has 2 aromatic carbocycles. The van der Waals surface area contributed by atoms with Crippen molar-refractivity contribution < 1.29 is 26.5 Å². The highest BCUT2D eigenvalue weighted by atomic mass is 16.8. The highest BCUT2D eigenvalue weighted by Gasteiger charge is 2.46. The zero-order chi connectivity index (χ0) is 29.3. The number of imide groups is 1. The van der Waals surface area contributed by atoms with Gasteiger partial charge in [0.2, 0.25) is 0 Å². The molecule has 0 aliphatic carbocycles. The Kier molecular flexibility index (Phi) is 13.3. The van der Waals surface area contributed by atoms with Crippen LogP contribution in [0.2, 0.25) is 0 Å². The molecule has 0 radical (unpaired) electrons. The van der Waals surface area contributed by atoms with Gasteiger partial charge in [-0.3, -0.25) is 10.1 Å². The first-order valence-corrected chi connectivity index (χ1v) is 14.8. The van der Waals surface area contributed by atoms with Crippen LogP contribution in [0.5, 0.6) is 0 Å². The number of hydrogen-bond donors (Lipinski definition) is 1. The van der Waals surface area contributed by atoms with Crippen molar-refractivity contribution in [2.45, 2.75) is 115 Å². The number of benzene rings is 2. The number of ether oxygens (including phenoxy) is 3. The molecule has 2 amide bonds. The molecule has 6 heteroatoms. The maximum Gasteiger partial charge on any atom is 0.414 e. The molecule has 2 aromatic rings. The van der Waals surface area contributed by atoms with Crippen LogP contribution in [0.4, 0.5) is 4.79 Å². The van der Waals surface area contributed by atoms with Gasteiger partial charge in [-0.2, -0.15) is 0 Å². The average Bonchev–Trinajstić information content (AvgIpc) is 3.78. The Morgan fingerprint density at radius 2 is 1.41 bits per heavy atom. The van der Waals surface area contributed by atoms with Gasteiger partial charge >= 0.3 is 6.09 Å². The maximum atomic E-state index is 12.3. The molecule has 0 saturated carbocycles. The molecule has 1 heterocycles. The number of nitrogens with one attached hydrogen (secondary N) is 1. The molecule has 1 fully saturated rings. The van der Waals surface area contributed by atoms with Crippen molar-refractivity contribution in [3.8, 4) is 0 Å². The lowest BCUT2D eigenvalue weighted by molar-refractivity contribution is 0.0147. The van der Waals surface area contributed by atoms with Crippen LogP contribution in [-0.4, -0.2) is 36.9 Å². The van der Waals surface area contributed by atoms with Crippen LogP contribution in [0, 0.1) is 0 Å². The fraction of sp³-hybridized carbons (Fsp3) is 0.576. The molecule has 0 spiro atoms. The largest absolute Gasteiger partial charge is 0.446 e. The fourth-order valence-electron chi connectivity index (χ4n) is 4.70. The van der Waals surface area contributed by atoms with E-state index in [9.17, 15) is 9.59 Å². The van der Waals surface area contributed by atoms with Crippen LogP contribution >= 0.6 is 0 Å². The van der Waals surface area contributed by atoms with Gasteiger partial charge in [-0.05, 0) is 24.1 Å². The van der Waals surface area contributed by atoms with Gasteiger partial charge in [0.05, 0.1) is 15.5 Å². The Morgan fingerprint density at radius 3 is 2.03 bits per heavy atom. The summed E-state index contributed by atoms with van der Waals surface area (Å²) in [6.07, 6.45) is 12.9. The molecule has 1 N–H and O–H groups in total. The molecule has 3 rings (SSSR count). The summed E-state index contributed by atoms with van der Waals surface area (Å²) in [6, 6.07) is 18.1. The summed E-state index contributed by atoms with van der Waals surface area (Å²) < 4.78 is 33.5. The molecule has 0 aromatic heterocycles. The van der Waals surface area contributed by atoms with Crippen molar-refractivity contribution in [3.05, 3.63) is 71.8 Å². The third kappa shape index (κ3) is 12.8. The summed E-state index contributed by atoms with van der Waals surface area (Å²) in [6.45, 7) is 0.238. The Hall–Kier alpha value is -2.70. The number of amides is 2. The summed E-state index contributed by atoms with van der Waals surface area (Å²) in [5, 5.41) is 2.08. The minimum Gasteiger partial charge on any atom is -0.446 e. The summed E-state index contributed by atoms with van der Waals surface area (Å²) in [7, 11) is 0. The third-order valence-corrected chi connectivity index (χ3v) is 7.06. The van der Waals surface area contributed by atoms with E-state index in [-0.39, 0.29) is 11.7 Å². The number of alkyl carbamates (subject to hydrolysis) is 1. The van der Waals surface area contributed by atoms with E-state index >= 15 is 0 Å². The first-order chi connectivity index (χ1) is 19.9. The number of hydrogen-bond acceptors (Lipinski definition) is 5. The lowest BCUT2D eigenvalue weighted by atomic mass is 10.0. The van der Waals surface area contributed by atoms with E-state index in [2.05, 4.69) is 12.2 Å². The van der Waals surface area contributed by atoms with Crippen molar-refractivity contribution in [1.82, 2.24) is 5.32 Å². The van der Waals surface area contributed by atoms with E-state index in [1.54, 1.807) is 30.3 Å². The van der Waals surface area contributed by atoms with E-state index in [4.69, 9.17) is 17.0 Å².